The van der Waals surface area contributed by atoms with E-state index in [1.54, 1.807) is 17.0 Å². The largest absolute Gasteiger partial charge is 0.508 e. The smallest absolute Gasteiger partial charge is 0.254 e. The Kier molecular flexibility index (Phi) is 3.91. The third-order valence-electron chi connectivity index (χ3n) is 5.88. The highest BCUT2D eigenvalue weighted by molar-refractivity contribution is 6.01. The second-order valence-electron chi connectivity index (χ2n) is 7.62. The number of nitrogens with zero attached hydrogens (tertiary/aromatic N) is 2. The van der Waals surface area contributed by atoms with Crippen molar-refractivity contribution in [2.75, 3.05) is 13.1 Å². The lowest BCUT2D eigenvalue weighted by molar-refractivity contribution is -0.132. The van der Waals surface area contributed by atoms with Gasteiger partial charge in [0.1, 0.15) is 5.75 Å². The van der Waals surface area contributed by atoms with Crippen LogP contribution in [0.25, 0.3) is 21.9 Å². The molecule has 2 heterocycles. The Labute approximate surface area is 168 Å². The molecule has 29 heavy (non-hydrogen) atoms. The first-order valence-corrected chi connectivity index (χ1v) is 9.62. The summed E-state index contributed by atoms with van der Waals surface area (Å²) in [5.74, 6) is 0.143. The van der Waals surface area contributed by atoms with Crippen LogP contribution in [0.5, 0.6) is 5.75 Å². The minimum Gasteiger partial charge on any atom is -0.508 e. The molecule has 2 aliphatic rings. The number of fused-ring (bicyclic) bond motifs is 2. The molecule has 0 aromatic heterocycles. The summed E-state index contributed by atoms with van der Waals surface area (Å²) in [4.78, 5) is 28.1. The van der Waals surface area contributed by atoms with Gasteiger partial charge in [-0.1, -0.05) is 36.9 Å². The maximum absolute atomic E-state index is 12.9. The molecule has 0 atom stereocenters. The predicted molar refractivity (Wildman–Crippen MR) is 111 cm³/mol. The second-order valence-corrected chi connectivity index (χ2v) is 7.62. The summed E-state index contributed by atoms with van der Waals surface area (Å²) >= 11 is 0. The van der Waals surface area contributed by atoms with Gasteiger partial charge in [0.15, 0.2) is 0 Å². The highest BCUT2D eigenvalue weighted by atomic mass is 16.3. The Hall–Kier alpha value is -3.60. The predicted octanol–water partition coefficient (Wildman–Crippen LogP) is 3.57. The zero-order valence-electron chi connectivity index (χ0n) is 15.8. The van der Waals surface area contributed by atoms with Gasteiger partial charge >= 0.3 is 0 Å². The Bertz CT molecular complexity index is 1180. The number of carbonyl (C=O) groups is 2. The summed E-state index contributed by atoms with van der Waals surface area (Å²) in [6.07, 6.45) is 1.31. The molecule has 0 radical (unpaired) electrons. The number of rotatable bonds is 3. The van der Waals surface area contributed by atoms with E-state index in [0.717, 1.165) is 27.5 Å². The van der Waals surface area contributed by atoms with Crippen LogP contribution >= 0.6 is 0 Å². The molecule has 2 aliphatic heterocycles. The minimum absolute atomic E-state index is 0.0167. The normalized spacial score (nSPS) is 16.1. The van der Waals surface area contributed by atoms with Crippen LogP contribution in [0.4, 0.5) is 0 Å². The average Bonchev–Trinajstić information content (AvgIpc) is 3.01. The number of likely N-dealkylation sites (tertiary alicyclic amines) is 1. The van der Waals surface area contributed by atoms with Crippen molar-refractivity contribution < 1.29 is 14.7 Å². The van der Waals surface area contributed by atoms with Crippen molar-refractivity contribution in [1.82, 2.24) is 9.80 Å². The van der Waals surface area contributed by atoms with Crippen molar-refractivity contribution in [3.63, 3.8) is 0 Å². The van der Waals surface area contributed by atoms with Crippen LogP contribution in [0.15, 0.2) is 67.3 Å². The number of hydrogen-bond acceptors (Lipinski definition) is 3. The number of phenolic OH excluding ortho intramolecular Hbond substituents is 1. The van der Waals surface area contributed by atoms with E-state index >= 15 is 0 Å². The first kappa shape index (κ1) is 17.5. The van der Waals surface area contributed by atoms with Crippen LogP contribution in [0.2, 0.25) is 0 Å². The SMILES string of the molecule is C=CC(=O)N1CC(N2Cc3cc(-c4cc(O)cc5ccccc45)ccc3C2=O)C1. The van der Waals surface area contributed by atoms with Crippen molar-refractivity contribution >= 4 is 22.6 Å². The van der Waals surface area contributed by atoms with E-state index in [0.29, 0.717) is 25.2 Å². The Morgan fingerprint density at radius 3 is 2.66 bits per heavy atom. The minimum atomic E-state index is -0.0940. The third-order valence-corrected chi connectivity index (χ3v) is 5.88. The highest BCUT2D eigenvalue weighted by Gasteiger charge is 2.40. The van der Waals surface area contributed by atoms with E-state index in [1.165, 1.54) is 6.08 Å². The summed E-state index contributed by atoms with van der Waals surface area (Å²) in [7, 11) is 0. The maximum atomic E-state index is 12.9. The fourth-order valence-corrected chi connectivity index (χ4v) is 4.30. The van der Waals surface area contributed by atoms with Gasteiger partial charge in [-0.15, -0.1) is 0 Å². The number of benzene rings is 3. The van der Waals surface area contributed by atoms with Gasteiger partial charge in [0.25, 0.3) is 5.91 Å². The summed E-state index contributed by atoms with van der Waals surface area (Å²) in [6, 6.07) is 17.4. The van der Waals surface area contributed by atoms with Crippen molar-refractivity contribution in [3.8, 4) is 16.9 Å². The van der Waals surface area contributed by atoms with E-state index in [4.69, 9.17) is 0 Å². The first-order chi connectivity index (χ1) is 14.0. The number of aromatic hydroxyl groups is 1. The quantitative estimate of drug-likeness (QED) is 0.703. The van der Waals surface area contributed by atoms with E-state index in [-0.39, 0.29) is 23.6 Å². The number of hydrogen-bond donors (Lipinski definition) is 1. The van der Waals surface area contributed by atoms with Crippen LogP contribution in [0.3, 0.4) is 0 Å². The molecule has 0 aliphatic carbocycles. The summed E-state index contributed by atoms with van der Waals surface area (Å²) in [5, 5.41) is 12.2. The molecule has 1 fully saturated rings. The molecule has 3 aromatic rings. The van der Waals surface area contributed by atoms with E-state index in [1.807, 2.05) is 47.4 Å². The van der Waals surface area contributed by atoms with E-state index in [9.17, 15) is 14.7 Å². The van der Waals surface area contributed by atoms with Gasteiger partial charge in [-0.3, -0.25) is 9.59 Å². The Morgan fingerprint density at radius 2 is 1.86 bits per heavy atom. The molecule has 5 nitrogen and oxygen atoms in total. The molecule has 0 saturated carbocycles. The number of carbonyl (C=O) groups excluding carboxylic acids is 2. The Balaban J connectivity index is 1.46. The van der Waals surface area contributed by atoms with Gasteiger partial charge < -0.3 is 14.9 Å². The molecule has 5 heteroatoms. The monoisotopic (exact) mass is 384 g/mol. The van der Waals surface area contributed by atoms with Crippen molar-refractivity contribution in [2.45, 2.75) is 12.6 Å². The molecule has 0 bridgehead atoms. The topological polar surface area (TPSA) is 60.9 Å². The lowest BCUT2D eigenvalue weighted by Crippen LogP contribution is -2.60. The van der Waals surface area contributed by atoms with Crippen molar-refractivity contribution in [2.24, 2.45) is 0 Å². The van der Waals surface area contributed by atoms with Gasteiger partial charge in [0, 0.05) is 25.2 Å². The molecule has 0 spiro atoms. The lowest BCUT2D eigenvalue weighted by atomic mass is 9.95. The molecule has 2 amide bonds. The zero-order chi connectivity index (χ0) is 20.1. The molecule has 3 aromatic carbocycles. The van der Waals surface area contributed by atoms with Crippen molar-refractivity contribution in [1.29, 1.82) is 0 Å². The zero-order valence-corrected chi connectivity index (χ0v) is 15.8. The van der Waals surface area contributed by atoms with Gasteiger partial charge in [-0.05, 0) is 57.8 Å². The molecule has 1 saturated heterocycles. The van der Waals surface area contributed by atoms with Crippen LogP contribution in [0, 0.1) is 0 Å². The second kappa shape index (κ2) is 6.48. The average molecular weight is 384 g/mol. The summed E-state index contributed by atoms with van der Waals surface area (Å²) in [5.41, 5.74) is 3.61. The van der Waals surface area contributed by atoms with E-state index < -0.39 is 0 Å². The molecule has 0 unspecified atom stereocenters. The van der Waals surface area contributed by atoms with Crippen LogP contribution < -0.4 is 0 Å². The van der Waals surface area contributed by atoms with Gasteiger partial charge in [0.2, 0.25) is 5.91 Å². The summed E-state index contributed by atoms with van der Waals surface area (Å²) < 4.78 is 0. The van der Waals surface area contributed by atoms with E-state index in [2.05, 4.69) is 6.58 Å². The molecule has 1 N–H and O–H groups in total. The maximum Gasteiger partial charge on any atom is 0.254 e. The number of amides is 2. The highest BCUT2D eigenvalue weighted by Crippen LogP contribution is 2.36. The number of phenols is 1. The van der Waals surface area contributed by atoms with Crippen LogP contribution in [-0.2, 0) is 11.3 Å². The fraction of sp³-hybridized carbons (Fsp3) is 0.167. The van der Waals surface area contributed by atoms with Crippen molar-refractivity contribution in [3.05, 3.63) is 78.4 Å². The fourth-order valence-electron chi connectivity index (χ4n) is 4.30. The van der Waals surface area contributed by atoms with Crippen LogP contribution in [0.1, 0.15) is 15.9 Å². The first-order valence-electron chi connectivity index (χ1n) is 9.62. The molecular formula is C24H20N2O3. The molecular weight excluding hydrogens is 364 g/mol. The lowest BCUT2D eigenvalue weighted by Gasteiger charge is -2.43. The third kappa shape index (κ3) is 2.78. The van der Waals surface area contributed by atoms with Gasteiger partial charge in [-0.25, -0.2) is 0 Å². The summed E-state index contributed by atoms with van der Waals surface area (Å²) in [6.45, 7) is 5.15. The van der Waals surface area contributed by atoms with Gasteiger partial charge in [0.05, 0.1) is 6.04 Å². The van der Waals surface area contributed by atoms with Crippen LogP contribution in [-0.4, -0.2) is 45.9 Å². The molecule has 5 rings (SSSR count). The Morgan fingerprint density at radius 1 is 1.07 bits per heavy atom. The standard InChI is InChI=1S/C24H20N2O3/c1-2-23(28)25-13-18(14-25)26-12-17-9-16(7-8-21(17)24(26)29)22-11-19(27)10-15-5-3-4-6-20(15)22/h2-11,18,27H,1,12-14H2. The molecule has 144 valence electrons. The van der Waals surface area contributed by atoms with Gasteiger partial charge in [-0.2, -0.15) is 0 Å².